The molecule has 0 saturated carbocycles. The van der Waals surface area contributed by atoms with Crippen LogP contribution in [-0.2, 0) is 5.41 Å². The predicted molar refractivity (Wildman–Crippen MR) is 177 cm³/mol. The van der Waals surface area contributed by atoms with Crippen molar-refractivity contribution in [2.45, 2.75) is 63.2 Å². The van der Waals surface area contributed by atoms with Crippen LogP contribution in [0, 0.1) is 0 Å². The van der Waals surface area contributed by atoms with E-state index in [-0.39, 0.29) is 5.92 Å². The molecule has 0 fully saturated rings. The van der Waals surface area contributed by atoms with E-state index in [0.29, 0.717) is 0 Å². The summed E-state index contributed by atoms with van der Waals surface area (Å²) in [5.74, 6) is 0.236. The second-order valence-electron chi connectivity index (χ2n) is 10.0. The third-order valence-corrected chi connectivity index (χ3v) is 9.27. The highest BCUT2D eigenvalue weighted by Gasteiger charge is 2.44. The van der Waals surface area contributed by atoms with Crippen LogP contribution in [0.5, 0.6) is 0 Å². The SMILES string of the molecule is CCCCCCCCC(c1ccccc1)C(c1ccccc1)(c1cc(Br)cc(Br)c1)c1cc(Br)cc(Br)c1. The first kappa shape index (κ1) is 29.8. The number of unbranched alkanes of at least 4 members (excludes halogenated alkanes) is 5. The quantitative estimate of drug-likeness (QED) is 0.0996. The van der Waals surface area contributed by atoms with E-state index in [1.54, 1.807) is 0 Å². The van der Waals surface area contributed by atoms with Crippen LogP contribution in [0.3, 0.4) is 0 Å². The Morgan fingerprint density at radius 2 is 0.974 bits per heavy atom. The second-order valence-corrected chi connectivity index (χ2v) is 13.7. The highest BCUT2D eigenvalue weighted by atomic mass is 79.9. The van der Waals surface area contributed by atoms with Gasteiger partial charge in [-0.1, -0.05) is 170 Å². The average molecular weight is 762 g/mol. The smallest absolute Gasteiger partial charge is 0.0521 e. The molecule has 0 aliphatic heterocycles. The summed E-state index contributed by atoms with van der Waals surface area (Å²) in [7, 11) is 0. The standard InChI is InChI=1S/C34H34Br4/c1-2-3-4-5-6-13-18-33(25-14-9-7-10-15-25)34(26-16-11-8-12-17-26,27-19-29(35)23-30(36)20-27)28-21-31(37)24-32(38)22-28/h7-12,14-17,19-24,33H,2-6,13,18H2,1H3. The van der Waals surface area contributed by atoms with Crippen molar-refractivity contribution in [3.8, 4) is 0 Å². The normalized spacial score (nSPS) is 12.4. The first-order valence-electron chi connectivity index (χ1n) is 13.5. The molecule has 0 aliphatic carbocycles. The van der Waals surface area contributed by atoms with Gasteiger partial charge in [0.15, 0.2) is 0 Å². The van der Waals surface area contributed by atoms with E-state index >= 15 is 0 Å². The number of hydrogen-bond acceptors (Lipinski definition) is 0. The summed E-state index contributed by atoms with van der Waals surface area (Å²) in [6, 6.07) is 35.7. The van der Waals surface area contributed by atoms with Gasteiger partial charge in [0.1, 0.15) is 0 Å². The van der Waals surface area contributed by atoms with E-state index in [0.717, 1.165) is 24.3 Å². The first-order valence-corrected chi connectivity index (χ1v) is 16.7. The zero-order valence-corrected chi connectivity index (χ0v) is 28.1. The van der Waals surface area contributed by atoms with Crippen LogP contribution in [0.25, 0.3) is 0 Å². The molecule has 0 amide bonds. The third kappa shape index (κ3) is 7.11. The van der Waals surface area contributed by atoms with Gasteiger partial charge in [-0.05, 0) is 65.1 Å². The summed E-state index contributed by atoms with van der Waals surface area (Å²) in [5.41, 5.74) is 4.81. The van der Waals surface area contributed by atoms with E-state index in [4.69, 9.17) is 0 Å². The Bertz CT molecular complexity index is 1210. The molecular formula is C34H34Br4. The van der Waals surface area contributed by atoms with Gasteiger partial charge in [0, 0.05) is 23.8 Å². The summed E-state index contributed by atoms with van der Waals surface area (Å²) >= 11 is 15.3. The molecule has 38 heavy (non-hydrogen) atoms. The van der Waals surface area contributed by atoms with E-state index < -0.39 is 5.41 Å². The van der Waals surface area contributed by atoms with Crippen LogP contribution >= 0.6 is 63.7 Å². The summed E-state index contributed by atoms with van der Waals surface area (Å²) in [6.07, 6.45) is 8.79. The second kappa shape index (κ2) is 14.4. The summed E-state index contributed by atoms with van der Waals surface area (Å²) in [5, 5.41) is 0. The zero-order chi connectivity index (χ0) is 27.0. The van der Waals surface area contributed by atoms with Gasteiger partial charge in [-0.15, -0.1) is 0 Å². The molecular weight excluding hydrogens is 728 g/mol. The molecule has 0 N–H and O–H groups in total. The fourth-order valence-electron chi connectivity index (χ4n) is 5.81. The molecule has 1 unspecified atom stereocenters. The van der Waals surface area contributed by atoms with Crippen molar-refractivity contribution in [2.75, 3.05) is 0 Å². The van der Waals surface area contributed by atoms with E-state index in [1.807, 2.05) is 0 Å². The lowest BCUT2D eigenvalue weighted by Gasteiger charge is -2.44. The Kier molecular flexibility index (Phi) is 11.3. The van der Waals surface area contributed by atoms with Crippen LogP contribution in [0.2, 0.25) is 0 Å². The van der Waals surface area contributed by atoms with Crippen LogP contribution in [-0.4, -0.2) is 0 Å². The molecule has 4 heteroatoms. The lowest BCUT2D eigenvalue weighted by atomic mass is 9.59. The van der Waals surface area contributed by atoms with Crippen molar-refractivity contribution < 1.29 is 0 Å². The van der Waals surface area contributed by atoms with E-state index in [9.17, 15) is 0 Å². The molecule has 0 bridgehead atoms. The van der Waals surface area contributed by atoms with E-state index in [2.05, 4.69) is 168 Å². The van der Waals surface area contributed by atoms with Crippen molar-refractivity contribution in [3.05, 3.63) is 137 Å². The summed E-state index contributed by atoms with van der Waals surface area (Å²) in [6.45, 7) is 2.28. The van der Waals surface area contributed by atoms with Crippen LogP contribution in [0.15, 0.2) is 115 Å². The number of hydrogen-bond donors (Lipinski definition) is 0. The van der Waals surface area contributed by atoms with Gasteiger partial charge in [0.2, 0.25) is 0 Å². The highest BCUT2D eigenvalue weighted by molar-refractivity contribution is 9.11. The molecule has 1 atom stereocenters. The van der Waals surface area contributed by atoms with Crippen LogP contribution in [0.4, 0.5) is 0 Å². The lowest BCUT2D eigenvalue weighted by molar-refractivity contribution is 0.427. The van der Waals surface area contributed by atoms with Crippen molar-refractivity contribution in [1.29, 1.82) is 0 Å². The molecule has 0 saturated heterocycles. The predicted octanol–water partition coefficient (Wildman–Crippen LogP) is 12.6. The van der Waals surface area contributed by atoms with Gasteiger partial charge in [-0.2, -0.15) is 0 Å². The third-order valence-electron chi connectivity index (χ3n) is 7.44. The number of benzene rings is 4. The maximum atomic E-state index is 3.82. The molecule has 0 heterocycles. The minimum absolute atomic E-state index is 0.236. The Morgan fingerprint density at radius 1 is 0.526 bits per heavy atom. The molecule has 4 aromatic rings. The van der Waals surface area contributed by atoms with Gasteiger partial charge in [0.05, 0.1) is 5.41 Å². The molecule has 4 rings (SSSR count). The summed E-state index contributed by atoms with van der Waals surface area (Å²) in [4.78, 5) is 0. The Labute approximate surface area is 262 Å². The molecule has 0 spiro atoms. The monoisotopic (exact) mass is 758 g/mol. The maximum Gasteiger partial charge on any atom is 0.0521 e. The van der Waals surface area contributed by atoms with Crippen molar-refractivity contribution in [1.82, 2.24) is 0 Å². The Hall–Kier alpha value is -1.20. The molecule has 0 aliphatic rings. The average Bonchev–Trinajstić information content (AvgIpc) is 2.90. The maximum absolute atomic E-state index is 3.82. The number of rotatable bonds is 12. The van der Waals surface area contributed by atoms with Crippen LogP contribution < -0.4 is 0 Å². The van der Waals surface area contributed by atoms with Gasteiger partial charge in [0.25, 0.3) is 0 Å². The zero-order valence-electron chi connectivity index (χ0n) is 21.8. The highest BCUT2D eigenvalue weighted by Crippen LogP contribution is 2.53. The van der Waals surface area contributed by atoms with Gasteiger partial charge >= 0.3 is 0 Å². The molecule has 0 aromatic heterocycles. The molecule has 0 nitrogen and oxygen atoms in total. The fourth-order valence-corrected chi connectivity index (χ4v) is 8.40. The topological polar surface area (TPSA) is 0 Å². The molecule has 4 aromatic carbocycles. The lowest BCUT2D eigenvalue weighted by Crippen LogP contribution is -2.37. The Morgan fingerprint density at radius 3 is 1.47 bits per heavy atom. The Balaban J connectivity index is 2.00. The minimum Gasteiger partial charge on any atom is -0.0654 e. The fraction of sp³-hybridized carbons (Fsp3) is 0.294. The van der Waals surface area contributed by atoms with Crippen molar-refractivity contribution in [3.63, 3.8) is 0 Å². The van der Waals surface area contributed by atoms with Gasteiger partial charge < -0.3 is 0 Å². The molecule has 0 radical (unpaired) electrons. The van der Waals surface area contributed by atoms with Crippen molar-refractivity contribution >= 4 is 63.7 Å². The van der Waals surface area contributed by atoms with Crippen molar-refractivity contribution in [2.24, 2.45) is 0 Å². The minimum atomic E-state index is -0.412. The van der Waals surface area contributed by atoms with Crippen LogP contribution in [0.1, 0.15) is 80.0 Å². The number of halogens is 4. The summed E-state index contributed by atoms with van der Waals surface area (Å²) < 4.78 is 4.29. The largest absolute Gasteiger partial charge is 0.0654 e. The van der Waals surface area contributed by atoms with Gasteiger partial charge in [-0.25, -0.2) is 0 Å². The van der Waals surface area contributed by atoms with Gasteiger partial charge in [-0.3, -0.25) is 0 Å². The van der Waals surface area contributed by atoms with E-state index in [1.165, 1.54) is 60.8 Å². The molecule has 198 valence electrons. The first-order chi connectivity index (χ1) is 18.4.